The van der Waals surface area contributed by atoms with Crippen molar-refractivity contribution < 1.29 is 17.6 Å². The van der Waals surface area contributed by atoms with Crippen molar-refractivity contribution >= 4 is 15.9 Å². The van der Waals surface area contributed by atoms with Gasteiger partial charge in [0, 0.05) is 25.2 Å². The van der Waals surface area contributed by atoms with Crippen LogP contribution in [0.15, 0.2) is 52.0 Å². The third-order valence-electron chi connectivity index (χ3n) is 6.63. The summed E-state index contributed by atoms with van der Waals surface area (Å²) in [5.74, 6) is 1.85. The summed E-state index contributed by atoms with van der Waals surface area (Å²) < 4.78 is 32.7. The van der Waals surface area contributed by atoms with E-state index in [2.05, 4.69) is 16.5 Å². The third kappa shape index (κ3) is 5.79. The molecule has 0 spiro atoms. The van der Waals surface area contributed by atoms with E-state index in [1.54, 1.807) is 24.3 Å². The lowest BCUT2D eigenvalue weighted by Crippen LogP contribution is -2.45. The second-order valence-electron chi connectivity index (χ2n) is 9.17. The molecule has 1 aromatic carbocycles. The minimum Gasteiger partial charge on any atom is -0.468 e. The summed E-state index contributed by atoms with van der Waals surface area (Å²) >= 11 is 0. The van der Waals surface area contributed by atoms with Gasteiger partial charge in [-0.2, -0.15) is 0 Å². The second-order valence-corrected chi connectivity index (χ2v) is 10.9. The molecule has 3 heterocycles. The summed E-state index contributed by atoms with van der Waals surface area (Å²) in [6, 6.07) is 9.63. The number of sulfonamides is 1. The summed E-state index contributed by atoms with van der Waals surface area (Å²) in [5.41, 5.74) is 0.530. The van der Waals surface area contributed by atoms with Gasteiger partial charge < -0.3 is 14.2 Å². The Bertz CT molecular complexity index is 981. The molecule has 2 aromatic rings. The number of nitrogens with one attached hydrogen (secondary N) is 1. The van der Waals surface area contributed by atoms with Crippen LogP contribution < -0.4 is 4.72 Å². The average molecular weight is 460 g/mol. The summed E-state index contributed by atoms with van der Waals surface area (Å²) in [6.45, 7) is 7.33. The number of likely N-dealkylation sites (tertiary alicyclic amines) is 2. The number of hydrogen-bond donors (Lipinski definition) is 1. The van der Waals surface area contributed by atoms with Crippen LogP contribution in [0.5, 0.6) is 0 Å². The molecule has 1 unspecified atom stereocenters. The number of furan rings is 1. The summed E-state index contributed by atoms with van der Waals surface area (Å²) in [7, 11) is -3.67. The number of carbonyl (C=O) groups is 1. The standard InChI is InChI=1S/C24H33N3O4S/c1-19-10-13-26(14-11-19)17-20-4-2-12-27(18-20)24(28)21-6-8-23(9-7-21)32(29,30)25-16-22-5-3-15-31-22/h3,5-9,15,19-20,25H,2,4,10-14,16-18H2,1H3. The van der Waals surface area contributed by atoms with Crippen LogP contribution in [0.2, 0.25) is 0 Å². The van der Waals surface area contributed by atoms with Gasteiger partial charge in [0.2, 0.25) is 10.0 Å². The minimum absolute atomic E-state index is 0.0190. The first-order valence-corrected chi connectivity index (χ1v) is 13.0. The van der Waals surface area contributed by atoms with Crippen LogP contribution >= 0.6 is 0 Å². The maximum atomic E-state index is 13.1. The van der Waals surface area contributed by atoms with E-state index in [4.69, 9.17) is 4.42 Å². The average Bonchev–Trinajstić information content (AvgIpc) is 3.33. The maximum absolute atomic E-state index is 13.1. The molecule has 32 heavy (non-hydrogen) atoms. The molecule has 2 fully saturated rings. The predicted molar refractivity (Wildman–Crippen MR) is 123 cm³/mol. The fourth-order valence-corrected chi connectivity index (χ4v) is 5.62. The molecule has 8 heteroatoms. The number of nitrogens with zero attached hydrogens (tertiary/aromatic N) is 2. The molecular formula is C24H33N3O4S. The highest BCUT2D eigenvalue weighted by Crippen LogP contribution is 2.23. The van der Waals surface area contributed by atoms with Gasteiger partial charge in [-0.15, -0.1) is 0 Å². The van der Waals surface area contributed by atoms with Crippen molar-refractivity contribution in [2.24, 2.45) is 11.8 Å². The SMILES string of the molecule is CC1CCN(CC2CCCN(C(=O)c3ccc(S(=O)(=O)NCc4ccco4)cc3)C2)CC1. The van der Waals surface area contributed by atoms with Gasteiger partial charge in [-0.3, -0.25) is 4.79 Å². The van der Waals surface area contributed by atoms with Crippen LogP contribution in [-0.4, -0.2) is 56.8 Å². The molecule has 2 aliphatic rings. The van der Waals surface area contributed by atoms with Crippen molar-refractivity contribution in [3.8, 4) is 0 Å². The van der Waals surface area contributed by atoms with Crippen molar-refractivity contribution in [1.82, 2.24) is 14.5 Å². The molecule has 1 atom stereocenters. The van der Waals surface area contributed by atoms with E-state index >= 15 is 0 Å². The summed E-state index contributed by atoms with van der Waals surface area (Å²) in [6.07, 6.45) is 6.21. The van der Waals surface area contributed by atoms with Crippen LogP contribution in [0.1, 0.15) is 48.7 Å². The number of rotatable bonds is 7. The molecule has 4 rings (SSSR count). The van der Waals surface area contributed by atoms with Gasteiger partial charge in [-0.05, 0) is 87.0 Å². The number of amides is 1. The molecule has 174 valence electrons. The number of benzene rings is 1. The zero-order valence-electron chi connectivity index (χ0n) is 18.7. The molecule has 0 aliphatic carbocycles. The lowest BCUT2D eigenvalue weighted by atomic mass is 9.94. The molecular weight excluding hydrogens is 426 g/mol. The first kappa shape index (κ1) is 23.0. The zero-order valence-corrected chi connectivity index (χ0v) is 19.5. The molecule has 1 amide bonds. The van der Waals surface area contributed by atoms with Crippen LogP contribution in [-0.2, 0) is 16.6 Å². The zero-order chi connectivity index (χ0) is 22.6. The quantitative estimate of drug-likeness (QED) is 0.687. The van der Waals surface area contributed by atoms with E-state index in [9.17, 15) is 13.2 Å². The molecule has 1 aromatic heterocycles. The Morgan fingerprint density at radius 3 is 2.53 bits per heavy atom. The Hall–Kier alpha value is -2.16. The number of piperidine rings is 2. The van der Waals surface area contributed by atoms with Crippen LogP contribution in [0, 0.1) is 11.8 Å². The Morgan fingerprint density at radius 2 is 1.84 bits per heavy atom. The van der Waals surface area contributed by atoms with Crippen LogP contribution in [0.4, 0.5) is 0 Å². The molecule has 0 bridgehead atoms. The van der Waals surface area contributed by atoms with E-state index < -0.39 is 10.0 Å². The van der Waals surface area contributed by atoms with E-state index in [0.717, 1.165) is 51.5 Å². The van der Waals surface area contributed by atoms with Crippen molar-refractivity contribution in [2.75, 3.05) is 32.7 Å². The molecule has 2 aliphatic heterocycles. The van der Waals surface area contributed by atoms with Crippen molar-refractivity contribution in [3.05, 3.63) is 54.0 Å². The molecule has 1 N–H and O–H groups in total. The highest BCUT2D eigenvalue weighted by atomic mass is 32.2. The van der Waals surface area contributed by atoms with E-state index in [-0.39, 0.29) is 17.3 Å². The Balaban J connectivity index is 1.33. The van der Waals surface area contributed by atoms with Gasteiger partial charge in [0.05, 0.1) is 17.7 Å². The number of carbonyl (C=O) groups excluding carboxylic acids is 1. The lowest BCUT2D eigenvalue weighted by molar-refractivity contribution is 0.0622. The normalized spacial score (nSPS) is 21.0. The van der Waals surface area contributed by atoms with E-state index in [1.165, 1.54) is 31.2 Å². The third-order valence-corrected chi connectivity index (χ3v) is 8.04. The molecule has 0 radical (unpaired) electrons. The van der Waals surface area contributed by atoms with Gasteiger partial charge in [0.1, 0.15) is 5.76 Å². The van der Waals surface area contributed by atoms with Gasteiger partial charge in [-0.1, -0.05) is 6.92 Å². The Kier molecular flexibility index (Phi) is 7.33. The monoisotopic (exact) mass is 459 g/mol. The molecule has 0 saturated carbocycles. The second kappa shape index (κ2) is 10.2. The molecule has 7 nitrogen and oxygen atoms in total. The fourth-order valence-electron chi connectivity index (χ4n) is 4.63. The highest BCUT2D eigenvalue weighted by molar-refractivity contribution is 7.89. The predicted octanol–water partition coefficient (Wildman–Crippen LogP) is 3.34. The van der Waals surface area contributed by atoms with Gasteiger partial charge in [-0.25, -0.2) is 13.1 Å². The summed E-state index contributed by atoms with van der Waals surface area (Å²) in [5, 5.41) is 0. The van der Waals surface area contributed by atoms with Crippen LogP contribution in [0.25, 0.3) is 0 Å². The van der Waals surface area contributed by atoms with E-state index in [1.807, 2.05) is 4.90 Å². The topological polar surface area (TPSA) is 82.9 Å². The Labute approximate surface area is 190 Å². The first-order chi connectivity index (χ1) is 15.4. The largest absolute Gasteiger partial charge is 0.468 e. The van der Waals surface area contributed by atoms with Crippen molar-refractivity contribution in [2.45, 2.75) is 44.0 Å². The fraction of sp³-hybridized carbons (Fsp3) is 0.542. The van der Waals surface area contributed by atoms with E-state index in [0.29, 0.717) is 17.2 Å². The van der Waals surface area contributed by atoms with Crippen LogP contribution in [0.3, 0.4) is 0 Å². The summed E-state index contributed by atoms with van der Waals surface area (Å²) in [4.78, 5) is 17.7. The smallest absolute Gasteiger partial charge is 0.253 e. The van der Waals surface area contributed by atoms with Gasteiger partial charge in [0.25, 0.3) is 5.91 Å². The van der Waals surface area contributed by atoms with Gasteiger partial charge >= 0.3 is 0 Å². The minimum atomic E-state index is -3.67. The maximum Gasteiger partial charge on any atom is 0.253 e. The van der Waals surface area contributed by atoms with Crippen molar-refractivity contribution in [1.29, 1.82) is 0 Å². The first-order valence-electron chi connectivity index (χ1n) is 11.5. The molecule has 2 saturated heterocycles. The lowest BCUT2D eigenvalue weighted by Gasteiger charge is -2.38. The van der Waals surface area contributed by atoms with Crippen molar-refractivity contribution in [3.63, 3.8) is 0 Å². The Morgan fingerprint density at radius 1 is 1.09 bits per heavy atom. The highest BCUT2D eigenvalue weighted by Gasteiger charge is 2.27. The number of hydrogen-bond acceptors (Lipinski definition) is 5. The van der Waals surface area contributed by atoms with Gasteiger partial charge in [0.15, 0.2) is 0 Å².